The number of hydrogen-bond donors (Lipinski definition) is 9. The second-order valence-electron chi connectivity index (χ2n) is 10.4. The van der Waals surface area contributed by atoms with Gasteiger partial charge in [-0.05, 0) is 66.4 Å². The maximum atomic E-state index is 13.4. The normalized spacial score (nSPS) is 14.3. The summed E-state index contributed by atoms with van der Waals surface area (Å²) in [5, 5.41) is 56.0. The molecule has 10 N–H and O–H groups in total. The number of rotatable bonds is 14. The first-order valence-electron chi connectivity index (χ1n) is 13.7. The molecule has 0 aliphatic carbocycles. The minimum atomic E-state index is -1.52. The standard InChI is InChI=1S/C31H36N4O9/c1-17(36)27(35-28(40)24(32)14-18-2-8-21(37)9-3-18)30(42)33-25(15-19-4-10-22(38)11-5-19)29(41)34-26(31(43)44)16-20-6-12-23(39)13-7-20/h2-13,17,24-27,36-39H,14-16,32H2,1H3,(H,33,42)(H,34,41)(H,35,40)(H,43,44). The molecular weight excluding hydrogens is 572 g/mol. The van der Waals surface area contributed by atoms with E-state index >= 15 is 0 Å². The Hall–Kier alpha value is -5.14. The Labute approximate surface area is 253 Å². The number of aliphatic hydroxyl groups is 1. The molecule has 3 aromatic carbocycles. The first-order valence-corrected chi connectivity index (χ1v) is 13.7. The van der Waals surface area contributed by atoms with Gasteiger partial charge in [-0.1, -0.05) is 36.4 Å². The Morgan fingerprint density at radius 1 is 0.614 bits per heavy atom. The number of carboxylic acids is 1. The van der Waals surface area contributed by atoms with Crippen LogP contribution in [0, 0.1) is 0 Å². The summed E-state index contributed by atoms with van der Waals surface area (Å²) < 4.78 is 0. The van der Waals surface area contributed by atoms with E-state index < -0.39 is 54.0 Å². The fraction of sp³-hybridized carbons (Fsp3) is 0.290. The predicted molar refractivity (Wildman–Crippen MR) is 159 cm³/mol. The van der Waals surface area contributed by atoms with Crippen molar-refractivity contribution in [1.29, 1.82) is 0 Å². The molecule has 0 heterocycles. The third-order valence-electron chi connectivity index (χ3n) is 6.79. The van der Waals surface area contributed by atoms with E-state index in [1.54, 1.807) is 12.1 Å². The van der Waals surface area contributed by atoms with Crippen molar-refractivity contribution in [1.82, 2.24) is 16.0 Å². The van der Waals surface area contributed by atoms with Crippen LogP contribution in [0.4, 0.5) is 0 Å². The number of nitrogens with two attached hydrogens (primary N) is 1. The van der Waals surface area contributed by atoms with Crippen molar-refractivity contribution < 1.29 is 44.7 Å². The van der Waals surface area contributed by atoms with E-state index in [9.17, 15) is 44.7 Å². The third-order valence-corrected chi connectivity index (χ3v) is 6.79. The van der Waals surface area contributed by atoms with Crippen LogP contribution in [0.15, 0.2) is 72.8 Å². The summed E-state index contributed by atoms with van der Waals surface area (Å²) in [6.45, 7) is 1.27. The monoisotopic (exact) mass is 608 g/mol. The fourth-order valence-corrected chi connectivity index (χ4v) is 4.32. The zero-order chi connectivity index (χ0) is 32.4. The molecule has 5 atom stereocenters. The third kappa shape index (κ3) is 10.00. The average Bonchev–Trinajstić information content (AvgIpc) is 2.98. The number of carbonyl (C=O) groups is 4. The minimum absolute atomic E-state index is 0.0117. The number of nitrogens with one attached hydrogen (secondary N) is 3. The number of phenols is 3. The van der Waals surface area contributed by atoms with Crippen molar-refractivity contribution in [2.75, 3.05) is 0 Å². The molecule has 0 aliphatic heterocycles. The lowest BCUT2D eigenvalue weighted by Gasteiger charge is -2.26. The van der Waals surface area contributed by atoms with Crippen LogP contribution in [0.25, 0.3) is 0 Å². The van der Waals surface area contributed by atoms with Crippen molar-refractivity contribution in [3.8, 4) is 17.2 Å². The van der Waals surface area contributed by atoms with Crippen molar-refractivity contribution in [2.24, 2.45) is 5.73 Å². The maximum absolute atomic E-state index is 13.4. The van der Waals surface area contributed by atoms with Crippen LogP contribution in [0.3, 0.4) is 0 Å². The molecule has 0 aromatic heterocycles. The van der Waals surface area contributed by atoms with Crippen LogP contribution >= 0.6 is 0 Å². The number of aliphatic carboxylic acids is 1. The van der Waals surface area contributed by atoms with Crippen LogP contribution in [-0.4, -0.2) is 79.5 Å². The molecular formula is C31H36N4O9. The fourth-order valence-electron chi connectivity index (χ4n) is 4.32. The number of amides is 3. The number of hydrogen-bond acceptors (Lipinski definition) is 9. The topological polar surface area (TPSA) is 232 Å². The summed E-state index contributed by atoms with van der Waals surface area (Å²) >= 11 is 0. The zero-order valence-electron chi connectivity index (χ0n) is 23.9. The molecule has 13 heteroatoms. The quantitative estimate of drug-likeness (QED) is 0.120. The molecule has 3 rings (SSSR count). The number of carboxylic acid groups (broad SMARTS) is 1. The number of aromatic hydroxyl groups is 3. The highest BCUT2D eigenvalue weighted by Gasteiger charge is 2.32. The van der Waals surface area contributed by atoms with Crippen LogP contribution < -0.4 is 21.7 Å². The lowest BCUT2D eigenvalue weighted by molar-refractivity contribution is -0.142. The van der Waals surface area contributed by atoms with Gasteiger partial charge in [-0.25, -0.2) is 4.79 Å². The molecule has 0 radical (unpaired) electrons. The molecule has 0 aliphatic rings. The van der Waals surface area contributed by atoms with Gasteiger partial charge < -0.3 is 47.2 Å². The SMILES string of the molecule is CC(O)C(NC(=O)C(N)Cc1ccc(O)cc1)C(=O)NC(Cc1ccc(O)cc1)C(=O)NC(Cc1ccc(O)cc1)C(=O)O. The van der Waals surface area contributed by atoms with E-state index in [4.69, 9.17) is 5.73 Å². The zero-order valence-corrected chi connectivity index (χ0v) is 23.9. The van der Waals surface area contributed by atoms with Gasteiger partial charge in [-0.2, -0.15) is 0 Å². The van der Waals surface area contributed by atoms with Crippen molar-refractivity contribution >= 4 is 23.7 Å². The van der Waals surface area contributed by atoms with Crippen molar-refractivity contribution in [3.63, 3.8) is 0 Å². The minimum Gasteiger partial charge on any atom is -0.508 e. The molecule has 0 saturated heterocycles. The van der Waals surface area contributed by atoms with E-state index in [0.29, 0.717) is 16.7 Å². The summed E-state index contributed by atoms with van der Waals surface area (Å²) in [4.78, 5) is 51.5. The highest BCUT2D eigenvalue weighted by atomic mass is 16.4. The number of phenolic OH excluding ortho intramolecular Hbond substituents is 3. The summed E-state index contributed by atoms with van der Waals surface area (Å²) in [6.07, 6.45) is -1.57. The molecule has 0 spiro atoms. The number of carbonyl (C=O) groups excluding carboxylic acids is 3. The van der Waals surface area contributed by atoms with Gasteiger partial charge in [0, 0.05) is 12.8 Å². The van der Waals surface area contributed by atoms with E-state index in [1.165, 1.54) is 67.6 Å². The Kier molecular flexibility index (Phi) is 11.7. The van der Waals surface area contributed by atoms with Gasteiger partial charge in [-0.15, -0.1) is 0 Å². The van der Waals surface area contributed by atoms with E-state index in [2.05, 4.69) is 16.0 Å². The van der Waals surface area contributed by atoms with Crippen LogP contribution in [-0.2, 0) is 38.4 Å². The second kappa shape index (κ2) is 15.4. The average molecular weight is 609 g/mol. The maximum Gasteiger partial charge on any atom is 0.326 e. The molecule has 3 amide bonds. The Morgan fingerprint density at radius 2 is 1.00 bits per heavy atom. The lowest BCUT2D eigenvalue weighted by Crippen LogP contribution is -2.60. The first kappa shape index (κ1) is 33.4. The highest BCUT2D eigenvalue weighted by Crippen LogP contribution is 2.14. The Bertz CT molecular complexity index is 1430. The van der Waals surface area contributed by atoms with E-state index in [-0.39, 0.29) is 36.5 Å². The lowest BCUT2D eigenvalue weighted by atomic mass is 10.0. The van der Waals surface area contributed by atoms with Crippen molar-refractivity contribution in [3.05, 3.63) is 89.5 Å². The van der Waals surface area contributed by atoms with Gasteiger partial charge in [-0.3, -0.25) is 14.4 Å². The van der Waals surface area contributed by atoms with Gasteiger partial charge in [0.2, 0.25) is 17.7 Å². The molecule has 3 aromatic rings. The number of benzene rings is 3. The summed E-state index contributed by atoms with van der Waals surface area (Å²) in [5.41, 5.74) is 7.70. The van der Waals surface area contributed by atoms with Crippen LogP contribution in [0.1, 0.15) is 23.6 Å². The van der Waals surface area contributed by atoms with Gasteiger partial charge in [0.05, 0.1) is 12.1 Å². The first-order chi connectivity index (χ1) is 20.8. The molecule has 234 valence electrons. The van der Waals surface area contributed by atoms with Gasteiger partial charge >= 0.3 is 5.97 Å². The van der Waals surface area contributed by atoms with Crippen molar-refractivity contribution in [2.45, 2.75) is 56.5 Å². The highest BCUT2D eigenvalue weighted by molar-refractivity contribution is 5.94. The number of aliphatic hydroxyl groups excluding tert-OH is 1. The second-order valence-corrected chi connectivity index (χ2v) is 10.4. The smallest absolute Gasteiger partial charge is 0.326 e. The largest absolute Gasteiger partial charge is 0.508 e. The summed E-state index contributed by atoms with van der Waals surface area (Å²) in [7, 11) is 0. The Balaban J connectivity index is 1.76. The summed E-state index contributed by atoms with van der Waals surface area (Å²) in [5.74, 6) is -3.86. The molecule has 5 unspecified atom stereocenters. The van der Waals surface area contributed by atoms with Crippen LogP contribution in [0.2, 0.25) is 0 Å². The molecule has 44 heavy (non-hydrogen) atoms. The van der Waals surface area contributed by atoms with Gasteiger partial charge in [0.15, 0.2) is 0 Å². The molecule has 0 saturated carbocycles. The van der Waals surface area contributed by atoms with E-state index in [0.717, 1.165) is 0 Å². The van der Waals surface area contributed by atoms with Gasteiger partial charge in [0.1, 0.15) is 35.4 Å². The summed E-state index contributed by atoms with van der Waals surface area (Å²) in [6, 6.07) is 12.2. The predicted octanol–water partition coefficient (Wildman–Crippen LogP) is 0.0784. The Morgan fingerprint density at radius 3 is 1.41 bits per heavy atom. The van der Waals surface area contributed by atoms with Gasteiger partial charge in [0.25, 0.3) is 0 Å². The molecule has 0 fully saturated rings. The van der Waals surface area contributed by atoms with Crippen LogP contribution in [0.5, 0.6) is 17.2 Å². The molecule has 13 nitrogen and oxygen atoms in total. The molecule has 0 bridgehead atoms. The van der Waals surface area contributed by atoms with E-state index in [1.807, 2.05) is 0 Å².